The van der Waals surface area contributed by atoms with Gasteiger partial charge in [0.05, 0.1) is 17.5 Å². The van der Waals surface area contributed by atoms with Crippen molar-refractivity contribution in [2.24, 2.45) is 5.92 Å². The third kappa shape index (κ3) is 3.13. The summed E-state index contributed by atoms with van der Waals surface area (Å²) >= 11 is 5.82. The Morgan fingerprint density at radius 3 is 3.11 bits per heavy atom. The van der Waals surface area contributed by atoms with Crippen molar-refractivity contribution in [3.8, 4) is 0 Å². The summed E-state index contributed by atoms with van der Waals surface area (Å²) in [6.45, 7) is 3.87. The van der Waals surface area contributed by atoms with Crippen molar-refractivity contribution in [1.82, 2.24) is 4.98 Å². The summed E-state index contributed by atoms with van der Waals surface area (Å²) in [6, 6.07) is 3.70. The lowest BCUT2D eigenvalue weighted by molar-refractivity contribution is -0.148. The predicted molar refractivity (Wildman–Crippen MR) is 70.8 cm³/mol. The Morgan fingerprint density at radius 1 is 1.61 bits per heavy atom. The first-order chi connectivity index (χ1) is 8.70. The lowest BCUT2D eigenvalue weighted by Gasteiger charge is -2.32. The molecule has 0 aromatic carbocycles. The minimum atomic E-state index is -0.101. The van der Waals surface area contributed by atoms with Gasteiger partial charge in [-0.2, -0.15) is 0 Å². The lowest BCUT2D eigenvalue weighted by Crippen LogP contribution is -2.39. The van der Waals surface area contributed by atoms with Gasteiger partial charge in [0, 0.05) is 19.3 Å². The largest absolute Gasteiger partial charge is 0.466 e. The van der Waals surface area contributed by atoms with Crippen molar-refractivity contribution in [2.45, 2.75) is 19.8 Å². The number of nitrogens with zero attached hydrogens (tertiary/aromatic N) is 2. The Bertz CT molecular complexity index is 408. The summed E-state index contributed by atoms with van der Waals surface area (Å²) in [5, 5.41) is 0.623. The zero-order valence-corrected chi connectivity index (χ0v) is 11.2. The molecular formula is C13H17ClN2O2. The van der Waals surface area contributed by atoms with E-state index >= 15 is 0 Å². The first-order valence-electron chi connectivity index (χ1n) is 6.24. The highest BCUT2D eigenvalue weighted by Gasteiger charge is 2.27. The number of pyridine rings is 1. The number of piperidine rings is 1. The molecule has 1 atom stereocenters. The molecule has 18 heavy (non-hydrogen) atoms. The minimum absolute atomic E-state index is 0.0452. The summed E-state index contributed by atoms with van der Waals surface area (Å²) in [5.41, 5.74) is 0. The molecule has 1 saturated heterocycles. The molecule has 1 aliphatic rings. The van der Waals surface area contributed by atoms with Gasteiger partial charge in [0.2, 0.25) is 0 Å². The van der Waals surface area contributed by atoms with Gasteiger partial charge in [-0.3, -0.25) is 4.79 Å². The number of ether oxygens (including phenoxy) is 1. The summed E-state index contributed by atoms with van der Waals surface area (Å²) in [5.74, 6) is 0.723. The maximum atomic E-state index is 11.7. The number of hydrogen-bond donors (Lipinski definition) is 0. The number of aromatic nitrogens is 1. The first kappa shape index (κ1) is 13.1. The standard InChI is InChI=1S/C13H17ClN2O2/c1-2-18-13(17)10-4-3-7-16(9-10)12-6-5-11(14)8-15-12/h5-6,8,10H,2-4,7,9H2,1H3. The molecule has 0 saturated carbocycles. The highest BCUT2D eigenvalue weighted by Crippen LogP contribution is 2.23. The topological polar surface area (TPSA) is 42.4 Å². The molecule has 1 unspecified atom stereocenters. The van der Waals surface area contributed by atoms with Crippen molar-refractivity contribution in [3.63, 3.8) is 0 Å². The van der Waals surface area contributed by atoms with E-state index in [1.807, 2.05) is 19.1 Å². The number of carbonyl (C=O) groups is 1. The number of carbonyl (C=O) groups excluding carboxylic acids is 1. The molecule has 1 aliphatic heterocycles. The van der Waals surface area contributed by atoms with Crippen LogP contribution in [0.2, 0.25) is 5.02 Å². The van der Waals surface area contributed by atoms with Crippen molar-refractivity contribution in [2.75, 3.05) is 24.6 Å². The van der Waals surface area contributed by atoms with Crippen LogP contribution in [0.1, 0.15) is 19.8 Å². The Hall–Kier alpha value is -1.29. The Kier molecular flexibility index (Phi) is 4.42. The minimum Gasteiger partial charge on any atom is -0.466 e. The average molecular weight is 269 g/mol. The highest BCUT2D eigenvalue weighted by molar-refractivity contribution is 6.30. The van der Waals surface area contributed by atoms with Gasteiger partial charge < -0.3 is 9.64 Å². The number of anilines is 1. The lowest BCUT2D eigenvalue weighted by atomic mass is 9.98. The van der Waals surface area contributed by atoms with Gasteiger partial charge in [-0.25, -0.2) is 4.98 Å². The summed E-state index contributed by atoms with van der Waals surface area (Å²) < 4.78 is 5.08. The Balaban J connectivity index is 2.02. The van der Waals surface area contributed by atoms with Crippen LogP contribution in [0.4, 0.5) is 5.82 Å². The number of esters is 1. The highest BCUT2D eigenvalue weighted by atomic mass is 35.5. The SMILES string of the molecule is CCOC(=O)C1CCCN(c2ccc(Cl)cn2)C1. The second-order valence-corrected chi connectivity index (χ2v) is 4.81. The van der Waals surface area contributed by atoms with Gasteiger partial charge in [-0.05, 0) is 31.9 Å². The third-order valence-corrected chi connectivity index (χ3v) is 3.30. The van der Waals surface area contributed by atoms with E-state index in [0.29, 0.717) is 18.2 Å². The molecule has 0 amide bonds. The van der Waals surface area contributed by atoms with E-state index in [1.165, 1.54) is 0 Å². The van der Waals surface area contributed by atoms with Crippen molar-refractivity contribution in [3.05, 3.63) is 23.4 Å². The fourth-order valence-electron chi connectivity index (χ4n) is 2.19. The van der Waals surface area contributed by atoms with Gasteiger partial charge >= 0.3 is 5.97 Å². The van der Waals surface area contributed by atoms with E-state index < -0.39 is 0 Å². The second kappa shape index (κ2) is 6.05. The summed E-state index contributed by atoms with van der Waals surface area (Å²) in [4.78, 5) is 18.1. The fourth-order valence-corrected chi connectivity index (χ4v) is 2.30. The quantitative estimate of drug-likeness (QED) is 0.790. The van der Waals surface area contributed by atoms with E-state index in [9.17, 15) is 4.79 Å². The molecule has 4 nitrogen and oxygen atoms in total. The van der Waals surface area contributed by atoms with E-state index in [0.717, 1.165) is 25.2 Å². The molecule has 0 radical (unpaired) electrons. The molecule has 2 heterocycles. The van der Waals surface area contributed by atoms with E-state index in [1.54, 1.807) is 6.20 Å². The van der Waals surface area contributed by atoms with Crippen LogP contribution in [0.15, 0.2) is 18.3 Å². The Labute approximate surface area is 112 Å². The molecule has 5 heteroatoms. The van der Waals surface area contributed by atoms with Gasteiger partial charge in [0.1, 0.15) is 5.82 Å². The maximum absolute atomic E-state index is 11.7. The molecule has 1 aromatic rings. The predicted octanol–water partition coefficient (Wildman–Crippen LogP) is 2.51. The van der Waals surface area contributed by atoms with Crippen LogP contribution in [0.3, 0.4) is 0 Å². The number of hydrogen-bond acceptors (Lipinski definition) is 4. The van der Waals surface area contributed by atoms with Gasteiger partial charge in [-0.15, -0.1) is 0 Å². The molecule has 0 spiro atoms. The zero-order valence-electron chi connectivity index (χ0n) is 10.4. The molecule has 98 valence electrons. The van der Waals surface area contributed by atoms with Crippen molar-refractivity contribution < 1.29 is 9.53 Å². The van der Waals surface area contributed by atoms with E-state index in [4.69, 9.17) is 16.3 Å². The zero-order chi connectivity index (χ0) is 13.0. The van der Waals surface area contributed by atoms with E-state index in [2.05, 4.69) is 9.88 Å². The van der Waals surface area contributed by atoms with Crippen LogP contribution in [0, 0.1) is 5.92 Å². The summed E-state index contributed by atoms with van der Waals surface area (Å²) in [7, 11) is 0. The smallest absolute Gasteiger partial charge is 0.310 e. The van der Waals surface area contributed by atoms with Crippen LogP contribution < -0.4 is 4.90 Å². The monoisotopic (exact) mass is 268 g/mol. The Morgan fingerprint density at radius 2 is 2.44 bits per heavy atom. The van der Waals surface area contributed by atoms with Crippen LogP contribution in [0.5, 0.6) is 0 Å². The fraction of sp³-hybridized carbons (Fsp3) is 0.538. The van der Waals surface area contributed by atoms with Crippen LogP contribution in [-0.2, 0) is 9.53 Å². The molecule has 0 aliphatic carbocycles. The average Bonchev–Trinajstić information content (AvgIpc) is 2.40. The van der Waals surface area contributed by atoms with Gasteiger partial charge in [0.15, 0.2) is 0 Å². The van der Waals surface area contributed by atoms with Gasteiger partial charge in [-0.1, -0.05) is 11.6 Å². The molecule has 2 rings (SSSR count). The molecule has 0 N–H and O–H groups in total. The van der Waals surface area contributed by atoms with Crippen LogP contribution in [0.25, 0.3) is 0 Å². The molecule has 0 bridgehead atoms. The second-order valence-electron chi connectivity index (χ2n) is 4.37. The van der Waals surface area contributed by atoms with Crippen molar-refractivity contribution >= 4 is 23.4 Å². The number of halogens is 1. The summed E-state index contributed by atoms with van der Waals surface area (Å²) in [6.07, 6.45) is 3.50. The third-order valence-electron chi connectivity index (χ3n) is 3.08. The van der Waals surface area contributed by atoms with Gasteiger partial charge in [0.25, 0.3) is 0 Å². The molecule has 1 fully saturated rings. The normalized spacial score (nSPS) is 19.7. The molecular weight excluding hydrogens is 252 g/mol. The first-order valence-corrected chi connectivity index (χ1v) is 6.61. The maximum Gasteiger partial charge on any atom is 0.310 e. The van der Waals surface area contributed by atoms with Crippen LogP contribution >= 0.6 is 11.6 Å². The molecule has 1 aromatic heterocycles. The van der Waals surface area contributed by atoms with Crippen LogP contribution in [-0.4, -0.2) is 30.6 Å². The number of rotatable bonds is 3. The van der Waals surface area contributed by atoms with Crippen molar-refractivity contribution in [1.29, 1.82) is 0 Å². The van der Waals surface area contributed by atoms with E-state index in [-0.39, 0.29) is 11.9 Å².